The van der Waals surface area contributed by atoms with E-state index >= 15 is 0 Å². The van der Waals surface area contributed by atoms with E-state index in [0.717, 1.165) is 30.9 Å². The van der Waals surface area contributed by atoms with Crippen LogP contribution in [0.3, 0.4) is 0 Å². The van der Waals surface area contributed by atoms with Crippen LogP contribution in [-0.2, 0) is 12.8 Å². The predicted molar refractivity (Wildman–Crippen MR) is 113 cm³/mol. The number of fused-ring (bicyclic) bond motifs is 3. The van der Waals surface area contributed by atoms with Gasteiger partial charge < -0.3 is 14.4 Å². The Hall–Kier alpha value is -1.71. The third-order valence-electron chi connectivity index (χ3n) is 6.40. The van der Waals surface area contributed by atoms with Crippen LogP contribution in [0.2, 0.25) is 0 Å². The monoisotopic (exact) mass is 387 g/mol. The molecule has 2 aromatic carbocycles. The van der Waals surface area contributed by atoms with Gasteiger partial charge in [-0.05, 0) is 56.3 Å². The summed E-state index contributed by atoms with van der Waals surface area (Å²) in [7, 11) is 5.77. The van der Waals surface area contributed by atoms with Crippen LogP contribution < -0.4 is 9.47 Å². The molecule has 1 fully saturated rings. The van der Waals surface area contributed by atoms with Crippen molar-refractivity contribution in [3.05, 3.63) is 58.7 Å². The molecule has 0 saturated carbocycles. The van der Waals surface area contributed by atoms with Crippen LogP contribution in [-0.4, -0.2) is 38.8 Å². The molecule has 0 aromatic heterocycles. The average Bonchev–Trinajstić information content (AvgIpc) is 2.96. The molecule has 3 nitrogen and oxygen atoms in total. The number of rotatable bonds is 4. The Morgan fingerprint density at radius 1 is 1.11 bits per heavy atom. The maximum absolute atomic E-state index is 5.71. The number of halogens is 1. The number of hydrogen-bond donors (Lipinski definition) is 0. The van der Waals surface area contributed by atoms with Crippen molar-refractivity contribution in [2.45, 2.75) is 38.1 Å². The maximum atomic E-state index is 5.71. The minimum atomic E-state index is 0. The Balaban J connectivity index is 0.00000210. The summed E-state index contributed by atoms with van der Waals surface area (Å²) in [6, 6.07) is 13.9. The van der Waals surface area contributed by atoms with Crippen molar-refractivity contribution >= 4 is 12.4 Å². The Kier molecular flexibility index (Phi) is 6.02. The molecule has 1 aliphatic carbocycles. The highest BCUT2D eigenvalue weighted by molar-refractivity contribution is 5.85. The lowest BCUT2D eigenvalue weighted by Gasteiger charge is -2.32. The van der Waals surface area contributed by atoms with Crippen LogP contribution in [0.15, 0.2) is 36.4 Å². The Labute approximate surface area is 169 Å². The first-order valence-corrected chi connectivity index (χ1v) is 9.62. The van der Waals surface area contributed by atoms with E-state index in [0.29, 0.717) is 17.9 Å². The summed E-state index contributed by atoms with van der Waals surface area (Å²) in [5.41, 5.74) is 5.64. The van der Waals surface area contributed by atoms with Gasteiger partial charge in [-0.1, -0.05) is 35.9 Å². The average molecular weight is 388 g/mol. The second-order valence-electron chi connectivity index (χ2n) is 7.88. The smallest absolute Gasteiger partial charge is 0.164 e. The van der Waals surface area contributed by atoms with E-state index in [4.69, 9.17) is 9.47 Å². The van der Waals surface area contributed by atoms with E-state index in [1.54, 1.807) is 14.2 Å². The number of likely N-dealkylation sites (tertiary alicyclic amines) is 1. The zero-order valence-electron chi connectivity index (χ0n) is 16.7. The summed E-state index contributed by atoms with van der Waals surface area (Å²) in [4.78, 5) is 2.57. The van der Waals surface area contributed by atoms with Crippen molar-refractivity contribution < 1.29 is 9.47 Å². The van der Waals surface area contributed by atoms with Gasteiger partial charge in [0, 0.05) is 24.1 Å². The van der Waals surface area contributed by atoms with Crippen molar-refractivity contribution in [2.75, 3.05) is 27.8 Å². The summed E-state index contributed by atoms with van der Waals surface area (Å²) >= 11 is 0. The van der Waals surface area contributed by atoms with Gasteiger partial charge in [0.05, 0.1) is 14.2 Å². The fourth-order valence-corrected chi connectivity index (χ4v) is 5.21. The van der Waals surface area contributed by atoms with Crippen LogP contribution in [0, 0.1) is 12.8 Å². The predicted octanol–water partition coefficient (Wildman–Crippen LogP) is 4.64. The largest absolute Gasteiger partial charge is 0.493 e. The van der Waals surface area contributed by atoms with Gasteiger partial charge in [0.1, 0.15) is 0 Å². The molecule has 2 aliphatic rings. The normalized spacial score (nSPS) is 23.9. The Bertz CT molecular complexity index is 807. The lowest BCUT2D eigenvalue weighted by molar-refractivity contribution is 0.258. The topological polar surface area (TPSA) is 21.7 Å². The van der Waals surface area contributed by atoms with Crippen molar-refractivity contribution in [1.82, 2.24) is 4.90 Å². The van der Waals surface area contributed by atoms with E-state index in [-0.39, 0.29) is 12.4 Å². The van der Waals surface area contributed by atoms with Crippen LogP contribution in [0.25, 0.3) is 0 Å². The molecule has 146 valence electrons. The molecule has 1 saturated heterocycles. The number of methoxy groups -OCH3 is 2. The van der Waals surface area contributed by atoms with Gasteiger partial charge in [-0.25, -0.2) is 0 Å². The van der Waals surface area contributed by atoms with Gasteiger partial charge in [-0.3, -0.25) is 0 Å². The van der Waals surface area contributed by atoms with Crippen molar-refractivity contribution in [1.29, 1.82) is 0 Å². The molecule has 4 rings (SSSR count). The zero-order valence-corrected chi connectivity index (χ0v) is 17.5. The Morgan fingerprint density at radius 2 is 1.93 bits per heavy atom. The first kappa shape index (κ1) is 20.0. The van der Waals surface area contributed by atoms with E-state index < -0.39 is 0 Å². The summed E-state index contributed by atoms with van der Waals surface area (Å²) in [6.07, 6.45) is 3.44. The zero-order chi connectivity index (χ0) is 18.3. The molecule has 1 heterocycles. The van der Waals surface area contributed by atoms with Crippen LogP contribution >= 0.6 is 12.4 Å². The van der Waals surface area contributed by atoms with Gasteiger partial charge in [-0.2, -0.15) is 0 Å². The number of ether oxygens (including phenoxy) is 2. The second-order valence-corrected chi connectivity index (χ2v) is 7.88. The van der Waals surface area contributed by atoms with E-state index in [9.17, 15) is 0 Å². The summed E-state index contributed by atoms with van der Waals surface area (Å²) in [5.74, 6) is 3.10. The molecule has 0 radical (unpaired) electrons. The number of benzene rings is 2. The lowest BCUT2D eigenvalue weighted by atomic mass is 9.73. The minimum absolute atomic E-state index is 0. The molecule has 2 aromatic rings. The fourth-order valence-electron chi connectivity index (χ4n) is 5.21. The molecule has 4 heteroatoms. The molecular weight excluding hydrogens is 358 g/mol. The number of likely N-dealkylation sites (N-methyl/N-ethyl adjacent to an activating group) is 1. The molecule has 0 bridgehead atoms. The van der Waals surface area contributed by atoms with Crippen molar-refractivity contribution in [3.8, 4) is 11.5 Å². The Morgan fingerprint density at radius 3 is 2.63 bits per heavy atom. The highest BCUT2D eigenvalue weighted by atomic mass is 35.5. The SMILES string of the molecule is COc1ccc2c(c1OC)CCC1[C@@H](Cc3cccc(C)c3)N(C)C[C@@H]21.Cl. The maximum Gasteiger partial charge on any atom is 0.164 e. The first-order chi connectivity index (χ1) is 12.6. The summed E-state index contributed by atoms with van der Waals surface area (Å²) in [5, 5.41) is 0. The van der Waals surface area contributed by atoms with Crippen molar-refractivity contribution in [2.24, 2.45) is 5.92 Å². The van der Waals surface area contributed by atoms with Crippen molar-refractivity contribution in [3.63, 3.8) is 0 Å². The molecule has 1 aliphatic heterocycles. The third kappa shape index (κ3) is 3.55. The summed E-state index contributed by atoms with van der Waals surface area (Å²) < 4.78 is 11.2. The minimum Gasteiger partial charge on any atom is -0.493 e. The van der Waals surface area contributed by atoms with Gasteiger partial charge in [0.15, 0.2) is 11.5 Å². The van der Waals surface area contributed by atoms with E-state index in [2.05, 4.69) is 55.3 Å². The number of hydrogen-bond acceptors (Lipinski definition) is 3. The van der Waals surface area contributed by atoms with Gasteiger partial charge in [-0.15, -0.1) is 12.4 Å². The van der Waals surface area contributed by atoms with E-state index in [1.807, 2.05) is 0 Å². The molecule has 3 atom stereocenters. The highest BCUT2D eigenvalue weighted by Gasteiger charge is 2.44. The standard InChI is InChI=1S/C23H29NO2.ClH/c1-15-6-5-7-16(12-15)13-21-18-8-9-19-17(20(18)14-24(21)2)10-11-22(25-3)23(19)26-4;/h5-7,10-12,18,20-21H,8-9,13-14H2,1-4H3;1H/t18?,20-,21+;/m0./s1. The molecule has 1 unspecified atom stereocenters. The number of aryl methyl sites for hydroxylation is 1. The molecular formula is C23H30ClNO2. The van der Waals surface area contributed by atoms with Crippen LogP contribution in [0.1, 0.15) is 34.6 Å². The van der Waals surface area contributed by atoms with Gasteiger partial charge in [0.2, 0.25) is 0 Å². The third-order valence-corrected chi connectivity index (χ3v) is 6.40. The molecule has 0 spiro atoms. The molecule has 0 amide bonds. The molecule has 27 heavy (non-hydrogen) atoms. The number of nitrogens with zero attached hydrogens (tertiary/aromatic N) is 1. The van der Waals surface area contributed by atoms with Crippen LogP contribution in [0.4, 0.5) is 0 Å². The lowest BCUT2D eigenvalue weighted by Crippen LogP contribution is -2.32. The van der Waals surface area contributed by atoms with E-state index in [1.165, 1.54) is 28.7 Å². The fraction of sp³-hybridized carbons (Fsp3) is 0.478. The van der Waals surface area contributed by atoms with Gasteiger partial charge >= 0.3 is 0 Å². The second kappa shape index (κ2) is 8.12. The summed E-state index contributed by atoms with van der Waals surface area (Å²) in [6.45, 7) is 3.31. The first-order valence-electron chi connectivity index (χ1n) is 9.62. The highest BCUT2D eigenvalue weighted by Crippen LogP contribution is 2.49. The van der Waals surface area contributed by atoms with Crippen LogP contribution in [0.5, 0.6) is 11.5 Å². The molecule has 0 N–H and O–H groups in total. The van der Waals surface area contributed by atoms with Gasteiger partial charge in [0.25, 0.3) is 0 Å². The quantitative estimate of drug-likeness (QED) is 0.763.